The standard InChI is InChI=1S/C20H27F3N2O.ClH/c21-20(22,23)17-8-4-7-16(12-17)19(9-2-1-3-10-19)18(26)25-14-15-6-5-11-24-13-15;/h4,7-8,12,15,24H,1-3,5-6,9-11,13-14H2,(H,25,26);1H. The van der Waals surface area contributed by atoms with E-state index in [0.717, 1.165) is 51.3 Å². The molecule has 1 heterocycles. The van der Waals surface area contributed by atoms with Crippen LogP contribution < -0.4 is 10.6 Å². The van der Waals surface area contributed by atoms with Crippen LogP contribution in [0.5, 0.6) is 0 Å². The summed E-state index contributed by atoms with van der Waals surface area (Å²) in [5.41, 5.74) is -1.00. The number of halogens is 4. The zero-order chi connectivity index (χ0) is 18.6. The number of carbonyl (C=O) groups is 1. The maximum absolute atomic E-state index is 13.1. The number of amides is 1. The third-order valence-electron chi connectivity index (χ3n) is 5.83. The van der Waals surface area contributed by atoms with E-state index in [-0.39, 0.29) is 18.3 Å². The van der Waals surface area contributed by atoms with Crippen LogP contribution in [0, 0.1) is 5.92 Å². The van der Waals surface area contributed by atoms with Gasteiger partial charge in [0.2, 0.25) is 5.91 Å². The molecule has 2 fully saturated rings. The number of carbonyl (C=O) groups excluding carboxylic acids is 1. The molecule has 152 valence electrons. The van der Waals surface area contributed by atoms with Crippen LogP contribution in [0.4, 0.5) is 13.2 Å². The number of rotatable bonds is 4. The molecule has 1 saturated carbocycles. The van der Waals surface area contributed by atoms with Gasteiger partial charge in [0, 0.05) is 6.54 Å². The zero-order valence-electron chi connectivity index (χ0n) is 15.4. The van der Waals surface area contributed by atoms with Crippen LogP contribution in [0.3, 0.4) is 0 Å². The van der Waals surface area contributed by atoms with Gasteiger partial charge >= 0.3 is 6.18 Å². The van der Waals surface area contributed by atoms with Gasteiger partial charge in [-0.2, -0.15) is 13.2 Å². The molecular formula is C20H28ClF3N2O. The molecule has 0 bridgehead atoms. The van der Waals surface area contributed by atoms with E-state index in [1.54, 1.807) is 6.07 Å². The Labute approximate surface area is 164 Å². The topological polar surface area (TPSA) is 41.1 Å². The number of hydrogen-bond acceptors (Lipinski definition) is 2. The first-order chi connectivity index (χ1) is 12.4. The second-order valence-electron chi connectivity index (χ2n) is 7.64. The van der Waals surface area contributed by atoms with Crippen LogP contribution in [-0.4, -0.2) is 25.5 Å². The second kappa shape index (κ2) is 9.28. The number of benzene rings is 1. The Balaban J connectivity index is 0.00000261. The number of hydrogen-bond donors (Lipinski definition) is 2. The lowest BCUT2D eigenvalue weighted by Crippen LogP contribution is -2.48. The SMILES string of the molecule is Cl.O=C(NCC1CCCNC1)C1(c2cccc(C(F)(F)F)c2)CCCCC1. The van der Waals surface area contributed by atoms with Crippen LogP contribution in [0.25, 0.3) is 0 Å². The van der Waals surface area contributed by atoms with Gasteiger partial charge in [-0.05, 0) is 56.3 Å². The molecule has 1 aliphatic carbocycles. The summed E-state index contributed by atoms with van der Waals surface area (Å²) in [6.07, 6.45) is 1.77. The fourth-order valence-corrected chi connectivity index (χ4v) is 4.30. The number of piperidine rings is 1. The Kier molecular flexibility index (Phi) is 7.57. The van der Waals surface area contributed by atoms with Gasteiger partial charge in [-0.15, -0.1) is 12.4 Å². The maximum atomic E-state index is 13.1. The van der Waals surface area contributed by atoms with Gasteiger partial charge < -0.3 is 10.6 Å². The third kappa shape index (κ3) is 5.17. The van der Waals surface area contributed by atoms with Gasteiger partial charge in [0.05, 0.1) is 11.0 Å². The molecule has 7 heteroatoms. The Morgan fingerprint density at radius 2 is 1.93 bits per heavy atom. The second-order valence-corrected chi connectivity index (χ2v) is 7.64. The molecule has 1 aromatic rings. The van der Waals surface area contributed by atoms with E-state index in [0.29, 0.717) is 30.9 Å². The average Bonchev–Trinajstić information content (AvgIpc) is 2.67. The molecule has 0 spiro atoms. The lowest BCUT2D eigenvalue weighted by molar-refractivity contribution is -0.138. The molecule has 0 radical (unpaired) electrons. The minimum absolute atomic E-state index is 0. The molecule has 1 saturated heterocycles. The molecule has 27 heavy (non-hydrogen) atoms. The van der Waals surface area contributed by atoms with Crippen molar-refractivity contribution in [2.24, 2.45) is 5.92 Å². The van der Waals surface area contributed by atoms with Crippen molar-refractivity contribution in [3.05, 3.63) is 35.4 Å². The quantitative estimate of drug-likeness (QED) is 0.778. The first kappa shape index (κ1) is 22.0. The Morgan fingerprint density at radius 3 is 2.56 bits per heavy atom. The van der Waals surface area contributed by atoms with Crippen LogP contribution in [0.2, 0.25) is 0 Å². The minimum atomic E-state index is -4.39. The van der Waals surface area contributed by atoms with Gasteiger partial charge in [0.15, 0.2) is 0 Å². The largest absolute Gasteiger partial charge is 0.416 e. The molecule has 3 nitrogen and oxygen atoms in total. The Hall–Kier alpha value is -1.27. The fraction of sp³-hybridized carbons (Fsp3) is 0.650. The molecule has 1 aliphatic heterocycles. The molecule has 1 aromatic carbocycles. The van der Waals surface area contributed by atoms with E-state index < -0.39 is 17.2 Å². The average molecular weight is 405 g/mol. The van der Waals surface area contributed by atoms with Crippen molar-refractivity contribution in [2.75, 3.05) is 19.6 Å². The van der Waals surface area contributed by atoms with Crippen molar-refractivity contribution >= 4 is 18.3 Å². The highest BCUT2D eigenvalue weighted by molar-refractivity contribution is 5.88. The highest BCUT2D eigenvalue weighted by atomic mass is 35.5. The van der Waals surface area contributed by atoms with Crippen LogP contribution in [-0.2, 0) is 16.4 Å². The summed E-state index contributed by atoms with van der Waals surface area (Å²) in [4.78, 5) is 13.1. The molecule has 1 atom stereocenters. The molecule has 2 N–H and O–H groups in total. The van der Waals surface area contributed by atoms with E-state index >= 15 is 0 Å². The summed E-state index contributed by atoms with van der Waals surface area (Å²) in [5, 5.41) is 6.39. The lowest BCUT2D eigenvalue weighted by atomic mass is 9.68. The smallest absolute Gasteiger partial charge is 0.355 e. The monoisotopic (exact) mass is 404 g/mol. The van der Waals surface area contributed by atoms with Crippen molar-refractivity contribution in [1.82, 2.24) is 10.6 Å². The molecule has 3 rings (SSSR count). The van der Waals surface area contributed by atoms with Gasteiger partial charge in [-0.1, -0.05) is 37.5 Å². The van der Waals surface area contributed by atoms with Crippen LogP contribution >= 0.6 is 12.4 Å². The first-order valence-electron chi connectivity index (χ1n) is 9.58. The van der Waals surface area contributed by atoms with E-state index in [1.807, 2.05) is 0 Å². The molecule has 0 aromatic heterocycles. The first-order valence-corrected chi connectivity index (χ1v) is 9.58. The third-order valence-corrected chi connectivity index (χ3v) is 5.83. The fourth-order valence-electron chi connectivity index (χ4n) is 4.30. The van der Waals surface area contributed by atoms with Gasteiger partial charge in [-0.3, -0.25) is 4.79 Å². The normalized spacial score (nSPS) is 22.6. The highest BCUT2D eigenvalue weighted by Crippen LogP contribution is 2.41. The van der Waals surface area contributed by atoms with Crippen molar-refractivity contribution in [2.45, 2.75) is 56.5 Å². The van der Waals surface area contributed by atoms with Crippen molar-refractivity contribution in [1.29, 1.82) is 0 Å². The summed E-state index contributed by atoms with van der Waals surface area (Å²) < 4.78 is 39.4. The maximum Gasteiger partial charge on any atom is 0.416 e. The minimum Gasteiger partial charge on any atom is -0.355 e. The summed E-state index contributed by atoms with van der Waals surface area (Å²) in [6.45, 7) is 2.49. The predicted molar refractivity (Wildman–Crippen MR) is 102 cm³/mol. The predicted octanol–water partition coefficient (Wildman–Crippen LogP) is 4.44. The van der Waals surface area contributed by atoms with Crippen LogP contribution in [0.15, 0.2) is 24.3 Å². The van der Waals surface area contributed by atoms with Crippen molar-refractivity contribution < 1.29 is 18.0 Å². The highest BCUT2D eigenvalue weighted by Gasteiger charge is 2.42. The molecule has 2 aliphatic rings. The molecule has 1 unspecified atom stereocenters. The van der Waals surface area contributed by atoms with Crippen LogP contribution in [0.1, 0.15) is 56.1 Å². The van der Waals surface area contributed by atoms with E-state index in [4.69, 9.17) is 0 Å². The molecular weight excluding hydrogens is 377 g/mol. The Morgan fingerprint density at radius 1 is 1.19 bits per heavy atom. The summed E-state index contributed by atoms with van der Waals surface area (Å²) in [5.74, 6) is 0.289. The van der Waals surface area contributed by atoms with E-state index in [1.165, 1.54) is 12.1 Å². The van der Waals surface area contributed by atoms with Gasteiger partial charge in [-0.25, -0.2) is 0 Å². The van der Waals surface area contributed by atoms with E-state index in [9.17, 15) is 18.0 Å². The summed E-state index contributed by atoms with van der Waals surface area (Å²) in [7, 11) is 0. The molecule has 1 amide bonds. The number of alkyl halides is 3. The summed E-state index contributed by atoms with van der Waals surface area (Å²) in [6, 6.07) is 5.36. The summed E-state index contributed by atoms with van der Waals surface area (Å²) >= 11 is 0. The Bertz CT molecular complexity index is 624. The van der Waals surface area contributed by atoms with E-state index in [2.05, 4.69) is 10.6 Å². The van der Waals surface area contributed by atoms with Crippen molar-refractivity contribution in [3.8, 4) is 0 Å². The zero-order valence-corrected chi connectivity index (χ0v) is 16.2. The lowest BCUT2D eigenvalue weighted by Gasteiger charge is -2.37. The van der Waals surface area contributed by atoms with Crippen molar-refractivity contribution in [3.63, 3.8) is 0 Å². The van der Waals surface area contributed by atoms with Gasteiger partial charge in [0.1, 0.15) is 0 Å². The van der Waals surface area contributed by atoms with Gasteiger partial charge in [0.25, 0.3) is 0 Å². The number of nitrogens with one attached hydrogen (secondary N) is 2.